The Kier molecular flexibility index (Phi) is 5.99. The standard InChI is InChI=1S/C19H27FN2O2/c1-19(2,3)9-6-18(24)21-13-14-4-5-17(16(20)12-14)22-10-7-15(23)8-11-22/h4-6,9,12,15,23H,7-8,10-11,13H2,1-3H3,(H,21,24)/b9-6+. The van der Waals surface area contributed by atoms with Gasteiger partial charge >= 0.3 is 0 Å². The molecule has 0 atom stereocenters. The molecule has 5 heteroatoms. The summed E-state index contributed by atoms with van der Waals surface area (Å²) in [4.78, 5) is 13.7. The number of carbonyl (C=O) groups excluding carboxylic acids is 1. The molecule has 0 saturated carbocycles. The minimum atomic E-state index is -0.289. The summed E-state index contributed by atoms with van der Waals surface area (Å²) in [6.07, 6.45) is 4.41. The van der Waals surface area contributed by atoms with Crippen LogP contribution < -0.4 is 10.2 Å². The fraction of sp³-hybridized carbons (Fsp3) is 0.526. The summed E-state index contributed by atoms with van der Waals surface area (Å²) < 4.78 is 14.3. The molecule has 1 saturated heterocycles. The number of allylic oxidation sites excluding steroid dienone is 1. The molecule has 0 unspecified atom stereocenters. The van der Waals surface area contributed by atoms with E-state index in [1.165, 1.54) is 12.1 Å². The third kappa shape index (κ3) is 5.64. The van der Waals surface area contributed by atoms with Crippen molar-refractivity contribution >= 4 is 11.6 Å². The fourth-order valence-corrected chi connectivity index (χ4v) is 2.60. The zero-order chi connectivity index (χ0) is 17.7. The second kappa shape index (κ2) is 7.79. The molecule has 1 aliphatic heterocycles. The molecule has 0 aromatic heterocycles. The first kappa shape index (κ1) is 18.5. The van der Waals surface area contributed by atoms with Crippen molar-refractivity contribution in [2.45, 2.75) is 46.3 Å². The third-order valence-corrected chi connectivity index (χ3v) is 4.02. The van der Waals surface area contributed by atoms with Gasteiger partial charge in [-0.2, -0.15) is 0 Å². The molecule has 1 amide bonds. The SMILES string of the molecule is CC(C)(C)/C=C/C(=O)NCc1ccc(N2CCC(O)CC2)c(F)c1. The normalized spacial score (nSPS) is 16.6. The van der Waals surface area contributed by atoms with Gasteiger partial charge in [-0.25, -0.2) is 4.39 Å². The van der Waals surface area contributed by atoms with Crippen LogP contribution in [-0.2, 0) is 11.3 Å². The zero-order valence-corrected chi connectivity index (χ0v) is 14.7. The van der Waals surface area contributed by atoms with Crippen LogP contribution >= 0.6 is 0 Å². The Morgan fingerprint density at radius 2 is 2.04 bits per heavy atom. The highest BCUT2D eigenvalue weighted by molar-refractivity contribution is 5.87. The van der Waals surface area contributed by atoms with E-state index in [4.69, 9.17) is 0 Å². The number of hydrogen-bond acceptors (Lipinski definition) is 3. The maximum atomic E-state index is 14.3. The lowest BCUT2D eigenvalue weighted by Crippen LogP contribution is -2.36. The van der Waals surface area contributed by atoms with E-state index in [2.05, 4.69) is 5.32 Å². The Balaban J connectivity index is 1.92. The van der Waals surface area contributed by atoms with E-state index >= 15 is 0 Å². The largest absolute Gasteiger partial charge is 0.393 e. The van der Waals surface area contributed by atoms with Crippen molar-refractivity contribution in [3.63, 3.8) is 0 Å². The van der Waals surface area contributed by atoms with Gasteiger partial charge in [0.1, 0.15) is 5.82 Å². The number of nitrogens with zero attached hydrogens (tertiary/aromatic N) is 1. The summed E-state index contributed by atoms with van der Waals surface area (Å²) in [5.41, 5.74) is 1.24. The summed E-state index contributed by atoms with van der Waals surface area (Å²) in [6, 6.07) is 5.05. The highest BCUT2D eigenvalue weighted by atomic mass is 19.1. The number of nitrogens with one attached hydrogen (secondary N) is 1. The Morgan fingerprint density at radius 3 is 2.62 bits per heavy atom. The highest BCUT2D eigenvalue weighted by Crippen LogP contribution is 2.24. The van der Waals surface area contributed by atoms with E-state index in [9.17, 15) is 14.3 Å². The van der Waals surface area contributed by atoms with Crippen molar-refractivity contribution in [1.29, 1.82) is 0 Å². The quantitative estimate of drug-likeness (QED) is 0.832. The predicted octanol–water partition coefficient (Wildman–Crippen LogP) is 3.01. The minimum absolute atomic E-state index is 0.0485. The van der Waals surface area contributed by atoms with Crippen molar-refractivity contribution in [3.05, 3.63) is 41.7 Å². The van der Waals surface area contributed by atoms with Gasteiger partial charge in [0.05, 0.1) is 11.8 Å². The van der Waals surface area contributed by atoms with Crippen LogP contribution in [0.1, 0.15) is 39.2 Å². The fourth-order valence-electron chi connectivity index (χ4n) is 2.60. The Morgan fingerprint density at radius 1 is 1.38 bits per heavy atom. The maximum absolute atomic E-state index is 14.3. The van der Waals surface area contributed by atoms with Crippen molar-refractivity contribution in [2.75, 3.05) is 18.0 Å². The van der Waals surface area contributed by atoms with Gasteiger partial charge in [-0.05, 0) is 42.0 Å². The van der Waals surface area contributed by atoms with Crippen molar-refractivity contribution in [3.8, 4) is 0 Å². The van der Waals surface area contributed by atoms with Gasteiger partial charge in [0.25, 0.3) is 0 Å². The summed E-state index contributed by atoms with van der Waals surface area (Å²) >= 11 is 0. The van der Waals surface area contributed by atoms with E-state index in [1.807, 2.05) is 37.8 Å². The lowest BCUT2D eigenvalue weighted by molar-refractivity contribution is -0.116. The van der Waals surface area contributed by atoms with Crippen molar-refractivity contribution in [1.82, 2.24) is 5.32 Å². The highest BCUT2D eigenvalue weighted by Gasteiger charge is 2.19. The topological polar surface area (TPSA) is 52.6 Å². The number of aliphatic hydroxyl groups excluding tert-OH is 1. The molecular weight excluding hydrogens is 307 g/mol. The zero-order valence-electron chi connectivity index (χ0n) is 14.7. The molecule has 1 fully saturated rings. The summed E-state index contributed by atoms with van der Waals surface area (Å²) in [5, 5.41) is 12.3. The molecule has 0 bridgehead atoms. The number of anilines is 1. The van der Waals surface area contributed by atoms with E-state index in [-0.39, 0.29) is 23.2 Å². The molecule has 1 aromatic rings. The third-order valence-electron chi connectivity index (χ3n) is 4.02. The number of amides is 1. The van der Waals surface area contributed by atoms with Gasteiger partial charge in [-0.1, -0.05) is 32.9 Å². The lowest BCUT2D eigenvalue weighted by Gasteiger charge is -2.31. The Hall–Kier alpha value is -1.88. The lowest BCUT2D eigenvalue weighted by atomic mass is 9.96. The average molecular weight is 334 g/mol. The van der Waals surface area contributed by atoms with Gasteiger partial charge in [-0.15, -0.1) is 0 Å². The van der Waals surface area contributed by atoms with Crippen LogP contribution in [-0.4, -0.2) is 30.2 Å². The first-order chi connectivity index (χ1) is 11.2. The maximum Gasteiger partial charge on any atom is 0.243 e. The first-order valence-electron chi connectivity index (χ1n) is 8.43. The molecular formula is C19H27FN2O2. The molecule has 24 heavy (non-hydrogen) atoms. The van der Waals surface area contributed by atoms with Crippen LogP contribution in [0.3, 0.4) is 0 Å². The van der Waals surface area contributed by atoms with E-state index in [1.54, 1.807) is 6.07 Å². The van der Waals surface area contributed by atoms with E-state index < -0.39 is 0 Å². The van der Waals surface area contributed by atoms with Crippen LogP contribution in [0.4, 0.5) is 10.1 Å². The molecule has 0 aliphatic carbocycles. The smallest absolute Gasteiger partial charge is 0.243 e. The summed E-state index contributed by atoms with van der Waals surface area (Å²) in [5.74, 6) is -0.470. The average Bonchev–Trinajstić information content (AvgIpc) is 2.51. The van der Waals surface area contributed by atoms with Crippen LogP contribution in [0.2, 0.25) is 0 Å². The number of rotatable bonds is 4. The number of benzene rings is 1. The number of hydrogen-bond donors (Lipinski definition) is 2. The number of carbonyl (C=O) groups is 1. The second-order valence-corrected chi connectivity index (χ2v) is 7.42. The van der Waals surface area contributed by atoms with E-state index in [0.717, 1.165) is 5.56 Å². The summed E-state index contributed by atoms with van der Waals surface area (Å²) in [6.45, 7) is 7.67. The number of halogens is 1. The van der Waals surface area contributed by atoms with Crippen LogP contribution in [0.5, 0.6) is 0 Å². The molecule has 2 N–H and O–H groups in total. The predicted molar refractivity (Wildman–Crippen MR) is 94.3 cm³/mol. The van der Waals surface area contributed by atoms with Crippen molar-refractivity contribution in [2.24, 2.45) is 5.41 Å². The monoisotopic (exact) mass is 334 g/mol. The van der Waals surface area contributed by atoms with Crippen LogP contribution in [0.25, 0.3) is 0 Å². The number of piperidine rings is 1. The molecule has 1 heterocycles. The minimum Gasteiger partial charge on any atom is -0.393 e. The molecule has 0 spiro atoms. The van der Waals surface area contributed by atoms with Crippen LogP contribution in [0, 0.1) is 11.2 Å². The van der Waals surface area contributed by atoms with Gasteiger partial charge in [0.2, 0.25) is 5.91 Å². The molecule has 1 aliphatic rings. The second-order valence-electron chi connectivity index (χ2n) is 7.42. The van der Waals surface area contributed by atoms with Crippen LogP contribution in [0.15, 0.2) is 30.4 Å². The van der Waals surface area contributed by atoms with E-state index in [0.29, 0.717) is 38.2 Å². The molecule has 132 valence electrons. The van der Waals surface area contributed by atoms with Crippen molar-refractivity contribution < 1.29 is 14.3 Å². The Labute approximate surface area is 143 Å². The van der Waals surface area contributed by atoms with Gasteiger partial charge in [-0.3, -0.25) is 4.79 Å². The summed E-state index contributed by atoms with van der Waals surface area (Å²) in [7, 11) is 0. The molecule has 0 radical (unpaired) electrons. The Bertz CT molecular complexity index is 600. The first-order valence-corrected chi connectivity index (χ1v) is 8.43. The van der Waals surface area contributed by atoms with Gasteiger partial charge < -0.3 is 15.3 Å². The molecule has 1 aromatic carbocycles. The van der Waals surface area contributed by atoms with Gasteiger partial charge in [0, 0.05) is 19.6 Å². The van der Waals surface area contributed by atoms with Gasteiger partial charge in [0.15, 0.2) is 0 Å². The molecule has 2 rings (SSSR count). The molecule has 4 nitrogen and oxygen atoms in total. The number of aliphatic hydroxyl groups is 1.